The van der Waals surface area contributed by atoms with Crippen molar-refractivity contribution in [3.63, 3.8) is 0 Å². The van der Waals surface area contributed by atoms with Crippen molar-refractivity contribution in [2.45, 2.75) is 37.6 Å². The maximum atomic E-state index is 16.1. The first kappa shape index (κ1) is 20.7. The number of fused-ring (bicyclic) bond motifs is 1. The third kappa shape index (κ3) is 3.67. The predicted molar refractivity (Wildman–Crippen MR) is 113 cm³/mol. The summed E-state index contributed by atoms with van der Waals surface area (Å²) in [7, 11) is 0. The van der Waals surface area contributed by atoms with Crippen LogP contribution in [0.1, 0.15) is 35.0 Å². The number of anilines is 1. The molecule has 6 nitrogen and oxygen atoms in total. The van der Waals surface area contributed by atoms with E-state index in [2.05, 4.69) is 15.3 Å². The zero-order chi connectivity index (χ0) is 21.5. The van der Waals surface area contributed by atoms with E-state index in [4.69, 9.17) is 10.5 Å². The van der Waals surface area contributed by atoms with Crippen molar-refractivity contribution in [1.29, 1.82) is 0 Å². The predicted octanol–water partition coefficient (Wildman–Crippen LogP) is 3.56. The number of carbonyl (C=O) groups is 1. The maximum absolute atomic E-state index is 16.1. The van der Waals surface area contributed by atoms with Gasteiger partial charge in [-0.2, -0.15) is 0 Å². The quantitative estimate of drug-likeness (QED) is 0.774. The second-order valence-electron chi connectivity index (χ2n) is 7.79. The molecule has 1 fully saturated rings. The van der Waals surface area contributed by atoms with Crippen LogP contribution in [-0.4, -0.2) is 40.2 Å². The molecule has 0 bridgehead atoms. The molecule has 1 saturated heterocycles. The van der Waals surface area contributed by atoms with Crippen molar-refractivity contribution < 1.29 is 18.3 Å². The number of nitrogens with two attached hydrogens (primary N) is 1. The first-order chi connectivity index (χ1) is 14.2. The van der Waals surface area contributed by atoms with E-state index < -0.39 is 22.9 Å². The van der Waals surface area contributed by atoms with Crippen molar-refractivity contribution >= 4 is 28.5 Å². The van der Waals surface area contributed by atoms with Crippen LogP contribution in [0, 0.1) is 12.7 Å². The van der Waals surface area contributed by atoms with Gasteiger partial charge >= 0.3 is 0 Å². The Bertz CT molecular complexity index is 1020. The van der Waals surface area contributed by atoms with Crippen LogP contribution in [0.25, 0.3) is 0 Å². The van der Waals surface area contributed by atoms with Gasteiger partial charge in [-0.05, 0) is 49.2 Å². The zero-order valence-electron chi connectivity index (χ0n) is 16.6. The number of nitrogens with one attached hydrogen (secondary N) is 1. The van der Waals surface area contributed by atoms with Crippen molar-refractivity contribution in [3.05, 3.63) is 59.2 Å². The fourth-order valence-electron chi connectivity index (χ4n) is 3.90. The Morgan fingerprint density at radius 2 is 2.17 bits per heavy atom. The normalized spacial score (nSPS) is 28.4. The molecule has 158 valence electrons. The largest absolute Gasteiger partial charge is 0.379 e. The van der Waals surface area contributed by atoms with Crippen LogP contribution in [0.4, 0.5) is 14.5 Å². The van der Waals surface area contributed by atoms with Crippen LogP contribution in [0.2, 0.25) is 0 Å². The number of halogens is 2. The molecule has 2 aliphatic heterocycles. The number of benzene rings is 1. The van der Waals surface area contributed by atoms with Gasteiger partial charge in [0.1, 0.15) is 17.1 Å². The number of thioether (sulfide) groups is 1. The molecule has 0 radical (unpaired) electrons. The van der Waals surface area contributed by atoms with Crippen LogP contribution in [0.3, 0.4) is 0 Å². The van der Waals surface area contributed by atoms with Crippen LogP contribution >= 0.6 is 11.8 Å². The fourth-order valence-corrected chi connectivity index (χ4v) is 4.85. The number of amidine groups is 1. The SMILES string of the molecule is Cc1ccc(C(=O)Nc2cc(F)cc([C@]34CO[C@@H](C)C[C@@]3(F)CSC(N)=N4)c2)nc1. The monoisotopic (exact) mass is 432 g/mol. The number of amides is 1. The molecule has 2 aromatic rings. The lowest BCUT2D eigenvalue weighted by atomic mass is 9.73. The number of rotatable bonds is 3. The highest BCUT2D eigenvalue weighted by molar-refractivity contribution is 8.13. The summed E-state index contributed by atoms with van der Waals surface area (Å²) < 4.78 is 36.4. The Morgan fingerprint density at radius 3 is 2.90 bits per heavy atom. The van der Waals surface area contributed by atoms with Gasteiger partial charge < -0.3 is 15.8 Å². The summed E-state index contributed by atoms with van der Waals surface area (Å²) in [6, 6.07) is 7.25. The highest BCUT2D eigenvalue weighted by Gasteiger charge is 2.59. The van der Waals surface area contributed by atoms with Crippen molar-refractivity contribution in [3.8, 4) is 0 Å². The highest BCUT2D eigenvalue weighted by atomic mass is 32.2. The molecule has 3 N–H and O–H groups in total. The van der Waals surface area contributed by atoms with E-state index in [0.29, 0.717) is 0 Å². The molecule has 4 rings (SSSR count). The lowest BCUT2D eigenvalue weighted by Crippen LogP contribution is -2.60. The second-order valence-corrected chi connectivity index (χ2v) is 8.79. The van der Waals surface area contributed by atoms with Crippen LogP contribution in [0.5, 0.6) is 0 Å². The smallest absolute Gasteiger partial charge is 0.274 e. The minimum absolute atomic E-state index is 0.0672. The van der Waals surface area contributed by atoms with Gasteiger partial charge in [-0.15, -0.1) is 0 Å². The first-order valence-electron chi connectivity index (χ1n) is 9.54. The summed E-state index contributed by atoms with van der Waals surface area (Å²) in [5.74, 6) is -1.02. The van der Waals surface area contributed by atoms with E-state index in [1.54, 1.807) is 25.3 Å². The van der Waals surface area contributed by atoms with Gasteiger partial charge in [-0.3, -0.25) is 9.78 Å². The van der Waals surface area contributed by atoms with E-state index in [1.807, 2.05) is 6.92 Å². The molecule has 0 unspecified atom stereocenters. The lowest BCUT2D eigenvalue weighted by molar-refractivity contribution is -0.106. The molecular formula is C21H22F2N4O2S. The Labute approximate surface area is 177 Å². The summed E-state index contributed by atoms with van der Waals surface area (Å²) >= 11 is 1.14. The molecule has 0 aliphatic carbocycles. The van der Waals surface area contributed by atoms with Crippen LogP contribution in [0.15, 0.2) is 41.5 Å². The first-order valence-corrected chi connectivity index (χ1v) is 10.5. The summed E-state index contributed by atoms with van der Waals surface area (Å²) in [6.45, 7) is 3.59. The van der Waals surface area contributed by atoms with Crippen molar-refractivity contribution in [1.82, 2.24) is 4.98 Å². The Balaban J connectivity index is 1.72. The highest BCUT2D eigenvalue weighted by Crippen LogP contribution is 2.51. The van der Waals surface area contributed by atoms with Gasteiger partial charge in [0.15, 0.2) is 10.8 Å². The molecule has 1 aromatic heterocycles. The Kier molecular flexibility index (Phi) is 5.27. The molecule has 0 saturated carbocycles. The number of aliphatic imine (C=N–C) groups is 1. The number of hydrogen-bond donors (Lipinski definition) is 2. The molecule has 3 atom stereocenters. The van der Waals surface area contributed by atoms with Crippen molar-refractivity contribution in [2.24, 2.45) is 10.7 Å². The number of hydrogen-bond acceptors (Lipinski definition) is 6. The third-order valence-corrected chi connectivity index (χ3v) is 6.45. The van der Waals surface area contributed by atoms with E-state index in [1.165, 1.54) is 18.2 Å². The van der Waals surface area contributed by atoms with E-state index in [9.17, 15) is 9.18 Å². The third-order valence-electron chi connectivity index (χ3n) is 5.46. The van der Waals surface area contributed by atoms with Gasteiger partial charge in [0.25, 0.3) is 5.91 Å². The number of ether oxygens (including phenoxy) is 1. The molecule has 2 aliphatic rings. The maximum Gasteiger partial charge on any atom is 0.274 e. The number of aryl methyl sites for hydroxylation is 1. The number of aromatic nitrogens is 1. The summed E-state index contributed by atoms with van der Waals surface area (Å²) in [4.78, 5) is 21.0. The number of nitrogens with zero attached hydrogens (tertiary/aromatic N) is 2. The van der Waals surface area contributed by atoms with Crippen LogP contribution < -0.4 is 11.1 Å². The number of alkyl halides is 1. The van der Waals surface area contributed by atoms with Gasteiger partial charge in [-0.1, -0.05) is 17.8 Å². The number of carbonyl (C=O) groups excluding carboxylic acids is 1. The van der Waals surface area contributed by atoms with E-state index >= 15 is 4.39 Å². The van der Waals surface area contributed by atoms with E-state index in [0.717, 1.165) is 17.3 Å². The van der Waals surface area contributed by atoms with Crippen LogP contribution in [-0.2, 0) is 10.3 Å². The van der Waals surface area contributed by atoms with Gasteiger partial charge in [0, 0.05) is 24.1 Å². The molecule has 1 amide bonds. The molecular weight excluding hydrogens is 410 g/mol. The van der Waals surface area contributed by atoms with Crippen molar-refractivity contribution in [2.75, 3.05) is 17.7 Å². The minimum Gasteiger partial charge on any atom is -0.379 e. The Morgan fingerprint density at radius 1 is 1.37 bits per heavy atom. The number of pyridine rings is 1. The summed E-state index contributed by atoms with van der Waals surface area (Å²) in [6.07, 6.45) is 1.39. The topological polar surface area (TPSA) is 89.6 Å². The molecule has 9 heteroatoms. The standard InChI is InChI=1S/C21H22F2N4O2S/c1-12-3-4-17(25-9-12)18(28)26-16-6-14(5-15(22)7-16)21-10-29-13(2)8-20(21,23)11-30-19(24)27-21/h3-7,9,13H,8,10-11H2,1-2H3,(H2,24,27)(H,26,28)/t13-,20+,21+/m0/s1. The average molecular weight is 432 g/mol. The summed E-state index contributed by atoms with van der Waals surface area (Å²) in [5, 5.41) is 2.86. The van der Waals surface area contributed by atoms with Gasteiger partial charge in [0.2, 0.25) is 0 Å². The Hall–Kier alpha value is -2.52. The molecule has 3 heterocycles. The van der Waals surface area contributed by atoms with Gasteiger partial charge in [0.05, 0.1) is 12.7 Å². The molecule has 30 heavy (non-hydrogen) atoms. The summed E-state index contributed by atoms with van der Waals surface area (Å²) in [5.41, 5.74) is 4.24. The van der Waals surface area contributed by atoms with E-state index in [-0.39, 0.29) is 47.0 Å². The van der Waals surface area contributed by atoms with Gasteiger partial charge in [-0.25, -0.2) is 13.8 Å². The average Bonchev–Trinajstić information content (AvgIpc) is 2.68. The molecule has 0 spiro atoms. The zero-order valence-corrected chi connectivity index (χ0v) is 17.4. The minimum atomic E-state index is -1.76. The molecule has 1 aromatic carbocycles. The lowest BCUT2D eigenvalue weighted by Gasteiger charge is -2.49. The second kappa shape index (κ2) is 7.63. The fraction of sp³-hybridized carbons (Fsp3) is 0.381.